The van der Waals surface area contributed by atoms with Crippen LogP contribution in [0.3, 0.4) is 0 Å². The monoisotopic (exact) mass is 245 g/mol. The number of fused-ring (bicyclic) bond motifs is 1. The predicted molar refractivity (Wildman–Crippen MR) is 67.4 cm³/mol. The molecular formula is C13H15N3O2. The van der Waals surface area contributed by atoms with Crippen LogP contribution in [0, 0.1) is 0 Å². The Kier molecular flexibility index (Phi) is 2.76. The molecular weight excluding hydrogens is 230 g/mol. The molecule has 3 rings (SSSR count). The molecule has 0 saturated carbocycles. The van der Waals surface area contributed by atoms with Crippen LogP contribution in [0.25, 0.3) is 10.9 Å². The summed E-state index contributed by atoms with van der Waals surface area (Å²) in [7, 11) is 1.88. The van der Waals surface area contributed by atoms with E-state index in [4.69, 9.17) is 4.74 Å². The highest BCUT2D eigenvalue weighted by molar-refractivity contribution is 5.97. The van der Waals surface area contributed by atoms with E-state index in [1.807, 2.05) is 30.1 Å². The van der Waals surface area contributed by atoms with Crippen LogP contribution in [0.4, 0.5) is 0 Å². The van der Waals surface area contributed by atoms with Crippen molar-refractivity contribution in [1.82, 2.24) is 14.7 Å². The van der Waals surface area contributed by atoms with Gasteiger partial charge in [0.05, 0.1) is 24.9 Å². The van der Waals surface area contributed by atoms with Crippen molar-refractivity contribution < 1.29 is 9.53 Å². The van der Waals surface area contributed by atoms with Crippen molar-refractivity contribution in [2.24, 2.45) is 7.05 Å². The van der Waals surface area contributed by atoms with Crippen LogP contribution in [-0.4, -0.2) is 46.9 Å². The van der Waals surface area contributed by atoms with E-state index in [9.17, 15) is 4.79 Å². The zero-order chi connectivity index (χ0) is 12.5. The summed E-state index contributed by atoms with van der Waals surface area (Å²) in [6.07, 6.45) is 1.80. The molecule has 0 N–H and O–H groups in total. The Labute approximate surface area is 105 Å². The minimum atomic E-state index is 0.0707. The van der Waals surface area contributed by atoms with Gasteiger partial charge in [0, 0.05) is 31.1 Å². The molecule has 0 spiro atoms. The van der Waals surface area contributed by atoms with Gasteiger partial charge in [0.1, 0.15) is 0 Å². The molecule has 1 aliphatic rings. The summed E-state index contributed by atoms with van der Waals surface area (Å²) in [6.45, 7) is 2.59. The molecule has 0 radical (unpaired) electrons. The van der Waals surface area contributed by atoms with Crippen molar-refractivity contribution in [3.8, 4) is 0 Å². The minimum Gasteiger partial charge on any atom is -0.378 e. The second kappa shape index (κ2) is 4.42. The van der Waals surface area contributed by atoms with Crippen LogP contribution < -0.4 is 0 Å². The predicted octanol–water partition coefficient (Wildman–Crippen LogP) is 1.05. The number of aromatic nitrogens is 2. The van der Waals surface area contributed by atoms with Gasteiger partial charge in [0.15, 0.2) is 0 Å². The molecule has 0 bridgehead atoms. The number of ether oxygens (including phenoxy) is 1. The first-order valence-electron chi connectivity index (χ1n) is 6.04. The van der Waals surface area contributed by atoms with Gasteiger partial charge in [0.2, 0.25) is 0 Å². The third kappa shape index (κ3) is 1.86. The number of nitrogens with zero attached hydrogens (tertiary/aromatic N) is 3. The smallest absolute Gasteiger partial charge is 0.254 e. The molecule has 2 heterocycles. The first-order valence-corrected chi connectivity index (χ1v) is 6.04. The number of carbonyl (C=O) groups excluding carboxylic acids is 1. The number of amides is 1. The molecule has 0 aliphatic carbocycles. The fourth-order valence-corrected chi connectivity index (χ4v) is 2.23. The lowest BCUT2D eigenvalue weighted by Gasteiger charge is -2.26. The standard InChI is InChI=1S/C13H15N3O2/c1-15-12-8-10(2-3-11(12)9-14-15)13(17)16-4-6-18-7-5-16/h2-3,8-9H,4-7H2,1H3. The molecule has 1 saturated heterocycles. The summed E-state index contributed by atoms with van der Waals surface area (Å²) in [5.74, 6) is 0.0707. The van der Waals surface area contributed by atoms with Gasteiger partial charge in [-0.25, -0.2) is 0 Å². The Balaban J connectivity index is 1.93. The molecule has 5 nitrogen and oxygen atoms in total. The van der Waals surface area contributed by atoms with Crippen LogP contribution in [0.2, 0.25) is 0 Å². The van der Waals surface area contributed by atoms with Crippen molar-refractivity contribution in [1.29, 1.82) is 0 Å². The minimum absolute atomic E-state index is 0.0707. The van der Waals surface area contributed by atoms with E-state index in [-0.39, 0.29) is 5.91 Å². The number of aryl methyl sites for hydroxylation is 1. The molecule has 0 unspecified atom stereocenters. The number of morpholine rings is 1. The van der Waals surface area contributed by atoms with Crippen LogP contribution in [-0.2, 0) is 11.8 Å². The maximum Gasteiger partial charge on any atom is 0.254 e. The molecule has 18 heavy (non-hydrogen) atoms. The van der Waals surface area contributed by atoms with Crippen molar-refractivity contribution in [2.75, 3.05) is 26.3 Å². The number of hydrogen-bond donors (Lipinski definition) is 0. The van der Waals surface area contributed by atoms with E-state index in [1.165, 1.54) is 0 Å². The lowest BCUT2D eigenvalue weighted by Crippen LogP contribution is -2.40. The van der Waals surface area contributed by atoms with E-state index >= 15 is 0 Å². The highest BCUT2D eigenvalue weighted by atomic mass is 16.5. The maximum atomic E-state index is 12.3. The summed E-state index contributed by atoms with van der Waals surface area (Å²) in [5, 5.41) is 5.23. The average molecular weight is 245 g/mol. The van der Waals surface area contributed by atoms with Crippen molar-refractivity contribution in [3.05, 3.63) is 30.0 Å². The van der Waals surface area contributed by atoms with Crippen LogP contribution in [0.5, 0.6) is 0 Å². The topological polar surface area (TPSA) is 47.4 Å². The van der Waals surface area contributed by atoms with Crippen LogP contribution in [0.15, 0.2) is 24.4 Å². The Hall–Kier alpha value is -1.88. The quantitative estimate of drug-likeness (QED) is 0.754. The van der Waals surface area contributed by atoms with Gasteiger partial charge in [-0.15, -0.1) is 0 Å². The van der Waals surface area contributed by atoms with Crippen molar-refractivity contribution in [3.63, 3.8) is 0 Å². The summed E-state index contributed by atoms with van der Waals surface area (Å²) < 4.78 is 7.04. The number of rotatable bonds is 1. The van der Waals surface area contributed by atoms with Gasteiger partial charge >= 0.3 is 0 Å². The lowest BCUT2D eigenvalue weighted by atomic mass is 10.1. The maximum absolute atomic E-state index is 12.3. The normalized spacial score (nSPS) is 16.2. The summed E-state index contributed by atoms with van der Waals surface area (Å²) in [5.41, 5.74) is 1.70. The van der Waals surface area contributed by atoms with Gasteiger partial charge < -0.3 is 9.64 Å². The third-order valence-corrected chi connectivity index (χ3v) is 3.29. The molecule has 1 aromatic heterocycles. The molecule has 94 valence electrons. The molecule has 5 heteroatoms. The fourth-order valence-electron chi connectivity index (χ4n) is 2.23. The second-order valence-corrected chi connectivity index (χ2v) is 4.45. The third-order valence-electron chi connectivity index (χ3n) is 3.29. The highest BCUT2D eigenvalue weighted by Gasteiger charge is 2.18. The number of hydrogen-bond acceptors (Lipinski definition) is 3. The van der Waals surface area contributed by atoms with Gasteiger partial charge in [-0.3, -0.25) is 9.48 Å². The first-order chi connectivity index (χ1) is 8.75. The van der Waals surface area contributed by atoms with Gasteiger partial charge in [-0.05, 0) is 12.1 Å². The van der Waals surface area contributed by atoms with E-state index in [0.717, 1.165) is 10.9 Å². The largest absolute Gasteiger partial charge is 0.378 e. The number of carbonyl (C=O) groups is 1. The van der Waals surface area contributed by atoms with Crippen molar-refractivity contribution in [2.45, 2.75) is 0 Å². The SMILES string of the molecule is Cn1ncc2ccc(C(=O)N3CCOCC3)cc21. The van der Waals surface area contributed by atoms with E-state index in [0.29, 0.717) is 31.9 Å². The van der Waals surface area contributed by atoms with E-state index < -0.39 is 0 Å². The molecule has 1 fully saturated rings. The molecule has 0 atom stereocenters. The Morgan fingerprint density at radius 2 is 2.11 bits per heavy atom. The zero-order valence-electron chi connectivity index (χ0n) is 10.3. The Morgan fingerprint density at radius 1 is 1.33 bits per heavy atom. The summed E-state index contributed by atoms with van der Waals surface area (Å²) >= 11 is 0. The molecule has 1 aromatic carbocycles. The summed E-state index contributed by atoms with van der Waals surface area (Å²) in [6, 6.07) is 5.71. The second-order valence-electron chi connectivity index (χ2n) is 4.45. The molecule has 1 aliphatic heterocycles. The lowest BCUT2D eigenvalue weighted by molar-refractivity contribution is 0.0303. The summed E-state index contributed by atoms with van der Waals surface area (Å²) in [4.78, 5) is 14.2. The first kappa shape index (κ1) is 11.2. The van der Waals surface area contributed by atoms with Crippen LogP contribution >= 0.6 is 0 Å². The Morgan fingerprint density at radius 3 is 2.89 bits per heavy atom. The van der Waals surface area contributed by atoms with E-state index in [1.54, 1.807) is 10.9 Å². The average Bonchev–Trinajstić information content (AvgIpc) is 2.80. The Bertz CT molecular complexity index is 585. The highest BCUT2D eigenvalue weighted by Crippen LogP contribution is 2.16. The van der Waals surface area contributed by atoms with Gasteiger partial charge in [-0.1, -0.05) is 6.07 Å². The molecule has 2 aromatic rings. The number of benzene rings is 1. The van der Waals surface area contributed by atoms with Gasteiger partial charge in [-0.2, -0.15) is 5.10 Å². The van der Waals surface area contributed by atoms with E-state index in [2.05, 4.69) is 5.10 Å². The molecule has 1 amide bonds. The zero-order valence-corrected chi connectivity index (χ0v) is 10.3. The van der Waals surface area contributed by atoms with Crippen LogP contribution in [0.1, 0.15) is 10.4 Å². The fraction of sp³-hybridized carbons (Fsp3) is 0.385. The van der Waals surface area contributed by atoms with Gasteiger partial charge in [0.25, 0.3) is 5.91 Å². The van der Waals surface area contributed by atoms with Crippen molar-refractivity contribution >= 4 is 16.8 Å².